The maximum atomic E-state index is 11.8. The van der Waals surface area contributed by atoms with Gasteiger partial charge in [-0.05, 0) is 19.3 Å². The van der Waals surface area contributed by atoms with E-state index >= 15 is 0 Å². The standard InChI is InChI=1S/C18H32O9.18CH4/c1-4-12(19)7-16(22)25-10-15(27-18(24)9-14(21)6-3)11-26-17(23)8-13(20)5-2;;;;;;;;;;;;;;;;;;/h12-15,19-21H,4-11H2,1-3H3;18*1H4. The average molecular weight is 681 g/mol. The van der Waals surface area contributed by atoms with Gasteiger partial charge in [0.1, 0.15) is 13.2 Å². The van der Waals surface area contributed by atoms with Crippen LogP contribution in [0, 0.1) is 0 Å². The van der Waals surface area contributed by atoms with Gasteiger partial charge in [-0.3, -0.25) is 14.4 Å². The molecule has 3 N–H and O–H groups in total. The molecule has 0 amide bonds. The molecule has 0 bridgehead atoms. The van der Waals surface area contributed by atoms with Crippen LogP contribution in [0.4, 0.5) is 0 Å². The van der Waals surface area contributed by atoms with Crippen molar-refractivity contribution in [1.29, 1.82) is 0 Å². The summed E-state index contributed by atoms with van der Waals surface area (Å²) in [4.78, 5) is 35.1. The Hall–Kier alpha value is -1.71. The van der Waals surface area contributed by atoms with Gasteiger partial charge in [0.05, 0.1) is 37.6 Å². The molecule has 0 radical (unpaired) electrons. The molecule has 0 saturated heterocycles. The fourth-order valence-corrected chi connectivity index (χ4v) is 1.85. The second-order valence-electron chi connectivity index (χ2n) is 6.28. The molecule has 3 unspecified atom stereocenters. The second-order valence-corrected chi connectivity index (χ2v) is 6.28. The van der Waals surface area contributed by atoms with Crippen LogP contribution < -0.4 is 0 Å². The van der Waals surface area contributed by atoms with E-state index in [1.807, 2.05) is 0 Å². The topological polar surface area (TPSA) is 140 Å². The molecule has 0 spiro atoms. The summed E-state index contributed by atoms with van der Waals surface area (Å²) in [6.45, 7) is 4.42. The zero-order valence-corrected chi connectivity index (χ0v) is 16.3. The molecular weight excluding hydrogens is 576 g/mol. The van der Waals surface area contributed by atoms with E-state index in [0.717, 1.165) is 0 Å². The van der Waals surface area contributed by atoms with Crippen LogP contribution in [0.25, 0.3) is 0 Å². The van der Waals surface area contributed by atoms with Crippen molar-refractivity contribution in [3.8, 4) is 0 Å². The summed E-state index contributed by atoms with van der Waals surface area (Å²) in [6, 6.07) is 0. The Labute approximate surface area is 292 Å². The summed E-state index contributed by atoms with van der Waals surface area (Å²) < 4.78 is 15.0. The molecule has 0 aliphatic heterocycles. The van der Waals surface area contributed by atoms with Gasteiger partial charge in [0.2, 0.25) is 0 Å². The van der Waals surface area contributed by atoms with Crippen LogP contribution in [0.1, 0.15) is 193 Å². The number of ether oxygens (including phenoxy) is 3. The van der Waals surface area contributed by atoms with E-state index in [1.54, 1.807) is 20.8 Å². The largest absolute Gasteiger partial charge is 0.462 e. The van der Waals surface area contributed by atoms with Crippen molar-refractivity contribution in [3.63, 3.8) is 0 Å². The fraction of sp³-hybridized carbons (Fsp3) is 0.917. The Morgan fingerprint density at radius 2 is 0.622 bits per heavy atom. The van der Waals surface area contributed by atoms with Gasteiger partial charge in [-0.15, -0.1) is 0 Å². The lowest BCUT2D eigenvalue weighted by molar-refractivity contribution is -0.169. The highest BCUT2D eigenvalue weighted by Crippen LogP contribution is 2.07. The predicted octanol–water partition coefficient (Wildman–Crippen LogP) is 11.9. The van der Waals surface area contributed by atoms with Crippen LogP contribution in [0.15, 0.2) is 0 Å². The molecular formula is C36H104O9. The number of carbonyl (C=O) groups excluding carboxylic acids is 3. The third-order valence-corrected chi connectivity index (χ3v) is 3.78. The molecule has 0 aromatic heterocycles. The first-order chi connectivity index (χ1) is 12.7. The average Bonchev–Trinajstić information content (AvgIpc) is 2.63. The Balaban J connectivity index is -0.0000000221. The number of hydrogen-bond donors (Lipinski definition) is 3. The number of aliphatic hydroxyl groups excluding tert-OH is 3. The van der Waals surface area contributed by atoms with Crippen molar-refractivity contribution in [2.45, 2.75) is 217 Å². The van der Waals surface area contributed by atoms with E-state index in [0.29, 0.717) is 19.3 Å². The molecule has 3 atom stereocenters. The predicted molar refractivity (Wildman–Crippen MR) is 216 cm³/mol. The maximum Gasteiger partial charge on any atom is 0.308 e. The lowest BCUT2D eigenvalue weighted by atomic mass is 10.2. The van der Waals surface area contributed by atoms with Crippen molar-refractivity contribution in [2.24, 2.45) is 0 Å². The van der Waals surface area contributed by atoms with Gasteiger partial charge in [0.15, 0.2) is 6.10 Å². The zero-order valence-electron chi connectivity index (χ0n) is 16.3. The van der Waals surface area contributed by atoms with E-state index < -0.39 is 42.3 Å². The molecule has 9 heteroatoms. The molecule has 45 heavy (non-hydrogen) atoms. The molecule has 0 aromatic carbocycles. The van der Waals surface area contributed by atoms with Gasteiger partial charge in [-0.2, -0.15) is 0 Å². The molecule has 0 rings (SSSR count). The molecule has 0 aliphatic carbocycles. The number of carbonyl (C=O) groups is 3. The highest BCUT2D eigenvalue weighted by molar-refractivity contribution is 5.71. The molecule has 0 saturated carbocycles. The van der Waals surface area contributed by atoms with Crippen LogP contribution in [0.2, 0.25) is 0 Å². The number of esters is 3. The van der Waals surface area contributed by atoms with Gasteiger partial charge in [0, 0.05) is 0 Å². The molecule has 302 valence electrons. The van der Waals surface area contributed by atoms with Crippen molar-refractivity contribution < 1.29 is 43.9 Å². The minimum Gasteiger partial charge on any atom is -0.462 e. The van der Waals surface area contributed by atoms with Crippen LogP contribution in [0.3, 0.4) is 0 Å². The highest BCUT2D eigenvalue weighted by Gasteiger charge is 2.22. The van der Waals surface area contributed by atoms with E-state index in [2.05, 4.69) is 0 Å². The van der Waals surface area contributed by atoms with Gasteiger partial charge >= 0.3 is 17.9 Å². The van der Waals surface area contributed by atoms with E-state index in [9.17, 15) is 29.7 Å². The second kappa shape index (κ2) is 78.6. The fourth-order valence-electron chi connectivity index (χ4n) is 1.85. The van der Waals surface area contributed by atoms with Gasteiger partial charge < -0.3 is 29.5 Å². The van der Waals surface area contributed by atoms with Crippen LogP contribution in [-0.2, 0) is 28.6 Å². The molecule has 0 aliphatic rings. The van der Waals surface area contributed by atoms with Crippen LogP contribution in [0.5, 0.6) is 0 Å². The molecule has 0 fully saturated rings. The zero-order chi connectivity index (χ0) is 20.8. The Morgan fingerprint density at radius 3 is 0.822 bits per heavy atom. The number of aliphatic hydroxyl groups is 3. The van der Waals surface area contributed by atoms with E-state index in [1.165, 1.54) is 0 Å². The maximum absolute atomic E-state index is 11.8. The van der Waals surface area contributed by atoms with Crippen molar-refractivity contribution in [1.82, 2.24) is 0 Å². The van der Waals surface area contributed by atoms with Gasteiger partial charge in [-0.1, -0.05) is 154 Å². The first kappa shape index (κ1) is 131. The third kappa shape index (κ3) is 74.8. The van der Waals surface area contributed by atoms with Gasteiger partial charge in [0.25, 0.3) is 0 Å². The Kier molecular flexibility index (Phi) is 229. The van der Waals surface area contributed by atoms with Gasteiger partial charge in [-0.25, -0.2) is 0 Å². The SMILES string of the molecule is C.C.C.C.C.C.C.C.C.C.C.C.C.C.C.C.C.C.CCC(O)CC(=O)OCC(COC(=O)CC(O)CC)OC(=O)CC(O)CC. The first-order valence-corrected chi connectivity index (χ1v) is 9.26. The summed E-state index contributed by atoms with van der Waals surface area (Å²) in [6.07, 6.45) is -3.05. The summed E-state index contributed by atoms with van der Waals surface area (Å²) in [5, 5.41) is 28.4. The summed E-state index contributed by atoms with van der Waals surface area (Å²) in [5.41, 5.74) is 0. The normalized spacial score (nSPS) is 9.20. The summed E-state index contributed by atoms with van der Waals surface area (Å²) >= 11 is 0. The minimum absolute atomic E-state index is 0. The minimum atomic E-state index is -1.05. The Morgan fingerprint density at radius 1 is 0.422 bits per heavy atom. The highest BCUT2D eigenvalue weighted by atomic mass is 16.6. The Bertz CT molecular complexity index is 432. The summed E-state index contributed by atoms with van der Waals surface area (Å²) in [5.74, 6) is -2.07. The smallest absolute Gasteiger partial charge is 0.308 e. The molecule has 0 aromatic rings. The monoisotopic (exact) mass is 681 g/mol. The van der Waals surface area contributed by atoms with Crippen LogP contribution in [-0.4, -0.2) is 70.9 Å². The lowest BCUT2D eigenvalue weighted by Gasteiger charge is -2.19. The molecule has 9 nitrogen and oxygen atoms in total. The van der Waals surface area contributed by atoms with Crippen LogP contribution >= 0.6 is 0 Å². The van der Waals surface area contributed by atoms with E-state index in [4.69, 9.17) is 14.2 Å². The summed E-state index contributed by atoms with van der Waals surface area (Å²) in [7, 11) is 0. The molecule has 0 heterocycles. The van der Waals surface area contributed by atoms with E-state index in [-0.39, 0.29) is 166 Å². The first-order valence-electron chi connectivity index (χ1n) is 9.26. The number of hydrogen-bond acceptors (Lipinski definition) is 9. The van der Waals surface area contributed by atoms with Crippen molar-refractivity contribution in [3.05, 3.63) is 0 Å². The quantitative estimate of drug-likeness (QED) is 0.121. The lowest BCUT2D eigenvalue weighted by Crippen LogP contribution is -2.32. The third-order valence-electron chi connectivity index (χ3n) is 3.78. The van der Waals surface area contributed by atoms with Crippen molar-refractivity contribution in [2.75, 3.05) is 13.2 Å². The number of rotatable bonds is 14. The van der Waals surface area contributed by atoms with Crippen molar-refractivity contribution >= 4 is 17.9 Å².